The number of rotatable bonds is 8. The van der Waals surface area contributed by atoms with Crippen LogP contribution >= 0.6 is 0 Å². The standard InChI is InChI=1S/C19H28N2O/c1-14(2)17-10-7-8-12-19(17)22-13-9-5-6-11-18-15(3)20-21-16(18)4/h7-8,10,12,14H,5-6,9,11,13H2,1-4H3,(H,20,21). The van der Waals surface area contributed by atoms with Crippen LogP contribution in [0.1, 0.15) is 61.5 Å². The van der Waals surface area contributed by atoms with Crippen LogP contribution in [0.15, 0.2) is 24.3 Å². The molecule has 0 aliphatic heterocycles. The lowest BCUT2D eigenvalue weighted by Crippen LogP contribution is -2.01. The van der Waals surface area contributed by atoms with Gasteiger partial charge in [0.1, 0.15) is 5.75 Å². The molecule has 1 aromatic carbocycles. The zero-order chi connectivity index (χ0) is 15.9. The highest BCUT2D eigenvalue weighted by Gasteiger charge is 2.07. The number of nitrogens with one attached hydrogen (secondary N) is 1. The van der Waals surface area contributed by atoms with Gasteiger partial charge in [0.15, 0.2) is 0 Å². The molecule has 22 heavy (non-hydrogen) atoms. The first-order valence-electron chi connectivity index (χ1n) is 8.31. The second kappa shape index (κ2) is 8.02. The fourth-order valence-corrected chi connectivity index (χ4v) is 2.79. The molecule has 1 aromatic heterocycles. The largest absolute Gasteiger partial charge is 0.493 e. The van der Waals surface area contributed by atoms with Crippen molar-refractivity contribution in [3.63, 3.8) is 0 Å². The highest BCUT2D eigenvalue weighted by molar-refractivity contribution is 5.35. The van der Waals surface area contributed by atoms with Crippen molar-refractivity contribution in [1.82, 2.24) is 10.2 Å². The summed E-state index contributed by atoms with van der Waals surface area (Å²) in [4.78, 5) is 0. The number of nitrogens with zero attached hydrogens (tertiary/aromatic N) is 1. The van der Waals surface area contributed by atoms with Crippen molar-refractivity contribution in [2.45, 2.75) is 59.3 Å². The second-order valence-corrected chi connectivity index (χ2v) is 6.26. The molecule has 0 fully saturated rings. The number of aromatic amines is 1. The Morgan fingerprint density at radius 3 is 2.55 bits per heavy atom. The molecule has 0 saturated heterocycles. The summed E-state index contributed by atoms with van der Waals surface area (Å²) in [6, 6.07) is 8.36. The number of hydrogen-bond acceptors (Lipinski definition) is 2. The first-order valence-corrected chi connectivity index (χ1v) is 8.31. The van der Waals surface area contributed by atoms with Crippen LogP contribution < -0.4 is 4.74 Å². The van der Waals surface area contributed by atoms with Crippen LogP contribution in [0.25, 0.3) is 0 Å². The molecule has 0 saturated carbocycles. The van der Waals surface area contributed by atoms with Gasteiger partial charge in [-0.1, -0.05) is 32.0 Å². The van der Waals surface area contributed by atoms with Gasteiger partial charge in [-0.15, -0.1) is 0 Å². The summed E-state index contributed by atoms with van der Waals surface area (Å²) in [6.07, 6.45) is 4.59. The van der Waals surface area contributed by atoms with E-state index in [-0.39, 0.29) is 0 Å². The van der Waals surface area contributed by atoms with Crippen LogP contribution in [0.2, 0.25) is 0 Å². The number of aromatic nitrogens is 2. The van der Waals surface area contributed by atoms with E-state index in [1.165, 1.54) is 29.7 Å². The van der Waals surface area contributed by atoms with Gasteiger partial charge < -0.3 is 4.74 Å². The summed E-state index contributed by atoms with van der Waals surface area (Å²) < 4.78 is 5.96. The zero-order valence-electron chi connectivity index (χ0n) is 14.3. The monoisotopic (exact) mass is 300 g/mol. The second-order valence-electron chi connectivity index (χ2n) is 6.26. The minimum Gasteiger partial charge on any atom is -0.493 e. The minimum atomic E-state index is 0.503. The topological polar surface area (TPSA) is 37.9 Å². The van der Waals surface area contributed by atoms with Crippen molar-refractivity contribution < 1.29 is 4.74 Å². The van der Waals surface area contributed by atoms with Crippen LogP contribution in [0.4, 0.5) is 0 Å². The summed E-state index contributed by atoms with van der Waals surface area (Å²) in [6.45, 7) is 9.38. The van der Waals surface area contributed by atoms with E-state index in [2.05, 4.69) is 56.1 Å². The van der Waals surface area contributed by atoms with Crippen molar-refractivity contribution in [3.8, 4) is 5.75 Å². The zero-order valence-corrected chi connectivity index (χ0v) is 14.3. The third-order valence-electron chi connectivity index (χ3n) is 4.15. The lowest BCUT2D eigenvalue weighted by molar-refractivity contribution is 0.301. The van der Waals surface area contributed by atoms with Gasteiger partial charge in [0.05, 0.1) is 12.3 Å². The molecule has 0 bridgehead atoms. The molecule has 2 rings (SSSR count). The Balaban J connectivity index is 1.70. The van der Waals surface area contributed by atoms with Crippen LogP contribution in [0.5, 0.6) is 5.75 Å². The number of H-pyrrole nitrogens is 1. The third kappa shape index (κ3) is 4.36. The van der Waals surface area contributed by atoms with E-state index in [4.69, 9.17) is 4.74 Å². The van der Waals surface area contributed by atoms with Gasteiger partial charge in [-0.05, 0) is 62.6 Å². The fourth-order valence-electron chi connectivity index (χ4n) is 2.79. The molecular weight excluding hydrogens is 272 g/mol. The molecule has 0 atom stereocenters. The normalized spacial score (nSPS) is 11.1. The summed E-state index contributed by atoms with van der Waals surface area (Å²) >= 11 is 0. The van der Waals surface area contributed by atoms with Crippen molar-refractivity contribution in [2.24, 2.45) is 0 Å². The number of hydrogen-bond donors (Lipinski definition) is 1. The minimum absolute atomic E-state index is 0.503. The molecule has 0 unspecified atom stereocenters. The number of ether oxygens (including phenoxy) is 1. The van der Waals surface area contributed by atoms with Gasteiger partial charge >= 0.3 is 0 Å². The summed E-state index contributed by atoms with van der Waals surface area (Å²) in [5.41, 5.74) is 5.03. The molecule has 120 valence electrons. The van der Waals surface area contributed by atoms with E-state index in [0.29, 0.717) is 5.92 Å². The SMILES string of the molecule is Cc1n[nH]c(C)c1CCCCCOc1ccccc1C(C)C. The first-order chi connectivity index (χ1) is 10.6. The quantitative estimate of drug-likeness (QED) is 0.701. The molecule has 0 aliphatic rings. The van der Waals surface area contributed by atoms with Gasteiger partial charge in [0.25, 0.3) is 0 Å². The Labute approximate surface area is 134 Å². The van der Waals surface area contributed by atoms with E-state index in [9.17, 15) is 0 Å². The lowest BCUT2D eigenvalue weighted by Gasteiger charge is -2.13. The van der Waals surface area contributed by atoms with Gasteiger partial charge in [0.2, 0.25) is 0 Å². The maximum absolute atomic E-state index is 5.96. The lowest BCUT2D eigenvalue weighted by atomic mass is 10.0. The van der Waals surface area contributed by atoms with Crippen LogP contribution in [-0.2, 0) is 6.42 Å². The number of aryl methyl sites for hydroxylation is 2. The molecule has 0 aliphatic carbocycles. The molecule has 0 radical (unpaired) electrons. The smallest absolute Gasteiger partial charge is 0.122 e. The summed E-state index contributed by atoms with van der Waals surface area (Å²) in [5, 5.41) is 7.30. The van der Waals surface area contributed by atoms with Gasteiger partial charge in [0, 0.05) is 5.69 Å². The number of unbranched alkanes of at least 4 members (excludes halogenated alkanes) is 2. The molecule has 1 heterocycles. The van der Waals surface area contributed by atoms with E-state index < -0.39 is 0 Å². The summed E-state index contributed by atoms with van der Waals surface area (Å²) in [5.74, 6) is 1.54. The van der Waals surface area contributed by atoms with Gasteiger partial charge in [-0.2, -0.15) is 5.10 Å². The Morgan fingerprint density at radius 1 is 1.09 bits per heavy atom. The maximum atomic E-state index is 5.96. The first kappa shape index (κ1) is 16.6. The van der Waals surface area contributed by atoms with E-state index in [1.807, 2.05) is 6.07 Å². The highest BCUT2D eigenvalue weighted by atomic mass is 16.5. The van der Waals surface area contributed by atoms with Gasteiger partial charge in [-0.25, -0.2) is 0 Å². The molecule has 0 amide bonds. The van der Waals surface area contributed by atoms with Crippen LogP contribution in [-0.4, -0.2) is 16.8 Å². The van der Waals surface area contributed by atoms with E-state index >= 15 is 0 Å². The predicted octanol–water partition coefficient (Wildman–Crippen LogP) is 4.94. The Bertz CT molecular complexity index is 567. The predicted molar refractivity (Wildman–Crippen MR) is 91.6 cm³/mol. The van der Waals surface area contributed by atoms with Crippen molar-refractivity contribution >= 4 is 0 Å². The van der Waals surface area contributed by atoms with E-state index in [1.54, 1.807) is 0 Å². The molecule has 3 heteroatoms. The molecular formula is C19H28N2O. The molecule has 1 N–H and O–H groups in total. The summed E-state index contributed by atoms with van der Waals surface area (Å²) in [7, 11) is 0. The van der Waals surface area contributed by atoms with E-state index in [0.717, 1.165) is 30.9 Å². The van der Waals surface area contributed by atoms with Crippen molar-refractivity contribution in [2.75, 3.05) is 6.61 Å². The molecule has 2 aromatic rings. The Morgan fingerprint density at radius 2 is 1.86 bits per heavy atom. The number of para-hydroxylation sites is 1. The molecule has 0 spiro atoms. The highest BCUT2D eigenvalue weighted by Crippen LogP contribution is 2.26. The van der Waals surface area contributed by atoms with Crippen molar-refractivity contribution in [1.29, 1.82) is 0 Å². The van der Waals surface area contributed by atoms with Crippen LogP contribution in [0, 0.1) is 13.8 Å². The van der Waals surface area contributed by atoms with Crippen molar-refractivity contribution in [3.05, 3.63) is 46.8 Å². The van der Waals surface area contributed by atoms with Crippen LogP contribution in [0.3, 0.4) is 0 Å². The Kier molecular flexibility index (Phi) is 6.05. The third-order valence-corrected chi connectivity index (χ3v) is 4.15. The Hall–Kier alpha value is -1.77. The van der Waals surface area contributed by atoms with Gasteiger partial charge in [-0.3, -0.25) is 5.10 Å². The fraction of sp³-hybridized carbons (Fsp3) is 0.526. The molecule has 3 nitrogen and oxygen atoms in total. The number of benzene rings is 1. The average molecular weight is 300 g/mol. The average Bonchev–Trinajstić information content (AvgIpc) is 2.82. The maximum Gasteiger partial charge on any atom is 0.122 e.